The van der Waals surface area contributed by atoms with Gasteiger partial charge in [-0.1, -0.05) is 74.3 Å². The SMILES string of the molecule is CC[C@H](CN1CC[C@H](CNC(=O)c2ccc(Cl)c(Cl)c2)N[C@H](CCN2CC(C)CC(C)C2)C1=O)c1ccccc1. The van der Waals surface area contributed by atoms with E-state index in [2.05, 4.69) is 65.5 Å². The molecule has 0 saturated carbocycles. The second kappa shape index (κ2) is 14.7. The molecule has 4 rings (SSSR count). The normalized spacial score (nSPS) is 24.9. The van der Waals surface area contributed by atoms with Gasteiger partial charge in [-0.3, -0.25) is 9.59 Å². The van der Waals surface area contributed by atoms with Crippen molar-refractivity contribution in [3.8, 4) is 0 Å². The minimum Gasteiger partial charge on any atom is -0.350 e. The molecule has 0 spiro atoms. The highest BCUT2D eigenvalue weighted by Gasteiger charge is 2.33. The van der Waals surface area contributed by atoms with Crippen LogP contribution in [-0.4, -0.2) is 73.0 Å². The molecule has 2 aromatic carbocycles. The van der Waals surface area contributed by atoms with Gasteiger partial charge in [0, 0.05) is 56.8 Å². The molecule has 2 aliphatic heterocycles. The predicted molar refractivity (Wildman–Crippen MR) is 164 cm³/mol. The molecule has 218 valence electrons. The van der Waals surface area contributed by atoms with Gasteiger partial charge in [0.1, 0.15) is 0 Å². The monoisotopic (exact) mass is 586 g/mol. The first-order valence-electron chi connectivity index (χ1n) is 14.8. The van der Waals surface area contributed by atoms with Crippen molar-refractivity contribution in [3.05, 3.63) is 69.7 Å². The maximum Gasteiger partial charge on any atom is 0.251 e. The number of amides is 2. The summed E-state index contributed by atoms with van der Waals surface area (Å²) in [7, 11) is 0. The van der Waals surface area contributed by atoms with Gasteiger partial charge in [0.25, 0.3) is 5.91 Å². The number of halogens is 2. The molecule has 6 nitrogen and oxygen atoms in total. The van der Waals surface area contributed by atoms with E-state index in [0.717, 1.165) is 38.9 Å². The van der Waals surface area contributed by atoms with E-state index in [4.69, 9.17) is 23.2 Å². The molecule has 2 N–H and O–H groups in total. The molecule has 0 aromatic heterocycles. The third-order valence-electron chi connectivity index (χ3n) is 8.37. The van der Waals surface area contributed by atoms with Gasteiger partial charge in [-0.15, -0.1) is 0 Å². The Kier molecular flexibility index (Phi) is 11.3. The zero-order valence-corrected chi connectivity index (χ0v) is 25.6. The Balaban J connectivity index is 1.44. The van der Waals surface area contributed by atoms with E-state index in [-0.39, 0.29) is 23.9 Å². The number of likely N-dealkylation sites (tertiary alicyclic amines) is 1. The molecule has 2 heterocycles. The molecule has 2 unspecified atom stereocenters. The number of nitrogens with zero attached hydrogens (tertiary/aromatic N) is 2. The minimum absolute atomic E-state index is 0.0123. The van der Waals surface area contributed by atoms with E-state index in [1.807, 2.05) is 6.07 Å². The van der Waals surface area contributed by atoms with E-state index in [1.165, 1.54) is 12.0 Å². The van der Waals surface area contributed by atoms with Gasteiger partial charge in [0.05, 0.1) is 16.1 Å². The molecule has 40 heavy (non-hydrogen) atoms. The second-order valence-electron chi connectivity index (χ2n) is 11.8. The molecule has 2 fully saturated rings. The van der Waals surface area contributed by atoms with Gasteiger partial charge >= 0.3 is 0 Å². The highest BCUT2D eigenvalue weighted by atomic mass is 35.5. The molecular weight excluding hydrogens is 543 g/mol. The van der Waals surface area contributed by atoms with Crippen LogP contribution in [0, 0.1) is 11.8 Å². The molecule has 2 aromatic rings. The fourth-order valence-electron chi connectivity index (χ4n) is 6.33. The quantitative estimate of drug-likeness (QED) is 0.367. The summed E-state index contributed by atoms with van der Waals surface area (Å²) < 4.78 is 0. The Morgan fingerprint density at radius 1 is 1.07 bits per heavy atom. The van der Waals surface area contributed by atoms with E-state index >= 15 is 0 Å². The van der Waals surface area contributed by atoms with Crippen LogP contribution in [0.2, 0.25) is 10.0 Å². The topological polar surface area (TPSA) is 64.7 Å². The van der Waals surface area contributed by atoms with Crippen molar-refractivity contribution in [3.63, 3.8) is 0 Å². The number of hydrogen-bond donors (Lipinski definition) is 2. The van der Waals surface area contributed by atoms with E-state index in [9.17, 15) is 9.59 Å². The Hall–Kier alpha value is -2.12. The standard InChI is InChI=1S/C32H44Cl2N4O2/c1-4-24(25-8-6-5-7-9-25)21-38-15-12-27(18-35-31(39)26-10-11-28(33)29(34)17-26)36-30(32(38)40)13-14-37-19-22(2)16-23(3)20-37/h5-11,17,22-24,27,30,36H,4,12-16,18-21H2,1-3H3,(H,35,39)/t22?,23?,24-,27-,30-/m1/s1. The van der Waals surface area contributed by atoms with Gasteiger partial charge in [0.2, 0.25) is 5.91 Å². The zero-order valence-electron chi connectivity index (χ0n) is 24.0. The molecular formula is C32H44Cl2N4O2. The number of carbonyl (C=O) groups excluding carboxylic acids is 2. The highest BCUT2D eigenvalue weighted by Crippen LogP contribution is 2.25. The summed E-state index contributed by atoms with van der Waals surface area (Å²) in [6.07, 6.45) is 3.77. The van der Waals surface area contributed by atoms with Gasteiger partial charge in [-0.05, 0) is 61.3 Å². The van der Waals surface area contributed by atoms with Crippen LogP contribution in [0.5, 0.6) is 0 Å². The van der Waals surface area contributed by atoms with Gasteiger partial charge in [-0.2, -0.15) is 0 Å². The van der Waals surface area contributed by atoms with Crippen molar-refractivity contribution >= 4 is 35.0 Å². The second-order valence-corrected chi connectivity index (χ2v) is 12.7. The number of hydrogen-bond acceptors (Lipinski definition) is 4. The van der Waals surface area contributed by atoms with Crippen LogP contribution in [0.25, 0.3) is 0 Å². The highest BCUT2D eigenvalue weighted by molar-refractivity contribution is 6.42. The number of piperidine rings is 1. The largest absolute Gasteiger partial charge is 0.350 e. The predicted octanol–water partition coefficient (Wildman–Crippen LogP) is 5.84. The van der Waals surface area contributed by atoms with Crippen molar-refractivity contribution in [2.45, 2.75) is 64.5 Å². The van der Waals surface area contributed by atoms with Gasteiger partial charge < -0.3 is 20.4 Å². The summed E-state index contributed by atoms with van der Waals surface area (Å²) in [5.74, 6) is 1.62. The summed E-state index contributed by atoms with van der Waals surface area (Å²) in [5.41, 5.74) is 1.74. The minimum atomic E-state index is -0.282. The lowest BCUT2D eigenvalue weighted by atomic mass is 9.91. The van der Waals surface area contributed by atoms with Crippen LogP contribution < -0.4 is 10.6 Å². The van der Waals surface area contributed by atoms with Crippen LogP contribution in [0.4, 0.5) is 0 Å². The zero-order chi connectivity index (χ0) is 28.6. The first-order valence-corrected chi connectivity index (χ1v) is 15.5. The molecule has 0 aliphatic carbocycles. The van der Waals surface area contributed by atoms with E-state index in [1.54, 1.807) is 18.2 Å². The van der Waals surface area contributed by atoms with Crippen molar-refractivity contribution in [2.75, 3.05) is 39.3 Å². The van der Waals surface area contributed by atoms with Crippen molar-refractivity contribution in [1.29, 1.82) is 0 Å². The third-order valence-corrected chi connectivity index (χ3v) is 9.11. The maximum absolute atomic E-state index is 13.9. The Bertz CT molecular complexity index is 1120. The van der Waals surface area contributed by atoms with Crippen molar-refractivity contribution in [1.82, 2.24) is 20.4 Å². The molecule has 8 heteroatoms. The van der Waals surface area contributed by atoms with Crippen LogP contribution in [0.1, 0.15) is 68.3 Å². The van der Waals surface area contributed by atoms with Crippen LogP contribution in [-0.2, 0) is 4.79 Å². The third kappa shape index (κ3) is 8.45. The summed E-state index contributed by atoms with van der Waals surface area (Å²) in [6.45, 7) is 11.7. The average molecular weight is 588 g/mol. The van der Waals surface area contributed by atoms with Crippen LogP contribution in [0.3, 0.4) is 0 Å². The maximum atomic E-state index is 13.9. The summed E-state index contributed by atoms with van der Waals surface area (Å²) in [5, 5.41) is 7.46. The van der Waals surface area contributed by atoms with E-state index < -0.39 is 0 Å². The number of benzene rings is 2. The smallest absolute Gasteiger partial charge is 0.251 e. The number of carbonyl (C=O) groups is 2. The molecule has 0 radical (unpaired) electrons. The van der Waals surface area contributed by atoms with Crippen LogP contribution in [0.15, 0.2) is 48.5 Å². The summed E-state index contributed by atoms with van der Waals surface area (Å²) >= 11 is 12.1. The molecule has 2 amide bonds. The number of nitrogens with one attached hydrogen (secondary N) is 2. The lowest BCUT2D eigenvalue weighted by Gasteiger charge is -2.36. The van der Waals surface area contributed by atoms with Crippen LogP contribution >= 0.6 is 23.2 Å². The fourth-order valence-corrected chi connectivity index (χ4v) is 6.63. The van der Waals surface area contributed by atoms with Gasteiger partial charge in [0.15, 0.2) is 0 Å². The molecule has 2 saturated heterocycles. The summed E-state index contributed by atoms with van der Waals surface area (Å²) in [6, 6.07) is 15.1. The van der Waals surface area contributed by atoms with Crippen molar-refractivity contribution in [2.24, 2.45) is 11.8 Å². The van der Waals surface area contributed by atoms with Crippen molar-refractivity contribution < 1.29 is 9.59 Å². The lowest BCUT2D eigenvalue weighted by molar-refractivity contribution is -0.133. The Labute approximate surface area is 249 Å². The molecule has 2 aliphatic rings. The van der Waals surface area contributed by atoms with Gasteiger partial charge in [-0.25, -0.2) is 0 Å². The number of rotatable bonds is 10. The average Bonchev–Trinajstić information content (AvgIpc) is 3.08. The first-order chi connectivity index (χ1) is 19.2. The Morgan fingerprint density at radius 3 is 2.48 bits per heavy atom. The molecule has 5 atom stereocenters. The molecule has 0 bridgehead atoms. The fraction of sp³-hybridized carbons (Fsp3) is 0.562. The summed E-state index contributed by atoms with van der Waals surface area (Å²) in [4.78, 5) is 31.4. The lowest BCUT2D eigenvalue weighted by Crippen LogP contribution is -2.51. The Morgan fingerprint density at radius 2 is 1.80 bits per heavy atom. The van der Waals surface area contributed by atoms with E-state index in [0.29, 0.717) is 53.0 Å². The first kappa shape index (κ1) is 30.8.